The first-order valence-electron chi connectivity index (χ1n) is 6.92. The lowest BCUT2D eigenvalue weighted by atomic mass is 9.93. The zero-order valence-corrected chi connectivity index (χ0v) is 12.1. The predicted molar refractivity (Wildman–Crippen MR) is 76.4 cm³/mol. The van der Waals surface area contributed by atoms with E-state index < -0.39 is 0 Å². The molecule has 0 amide bonds. The van der Waals surface area contributed by atoms with Crippen LogP contribution in [0.15, 0.2) is 6.07 Å². The minimum Gasteiger partial charge on any atom is -0.393 e. The van der Waals surface area contributed by atoms with E-state index in [-0.39, 0.29) is 6.10 Å². The van der Waals surface area contributed by atoms with E-state index in [0.29, 0.717) is 12.0 Å². The third-order valence-electron chi connectivity index (χ3n) is 4.25. The van der Waals surface area contributed by atoms with Crippen LogP contribution in [0.4, 0.5) is 0 Å². The summed E-state index contributed by atoms with van der Waals surface area (Å²) in [5.41, 5.74) is 1.43. The normalized spacial score (nSPS) is 31.6. The molecule has 3 unspecified atom stereocenters. The Morgan fingerprint density at radius 3 is 3.06 bits per heavy atom. The third kappa shape index (κ3) is 2.74. The molecule has 2 N–H and O–H groups in total. The van der Waals surface area contributed by atoms with Gasteiger partial charge >= 0.3 is 0 Å². The molecule has 1 aromatic rings. The van der Waals surface area contributed by atoms with Gasteiger partial charge in [0, 0.05) is 10.9 Å². The summed E-state index contributed by atoms with van der Waals surface area (Å²) in [5.74, 6) is 0.652. The average Bonchev–Trinajstić information content (AvgIpc) is 2.91. The maximum Gasteiger partial charge on any atom is 0.0934 e. The summed E-state index contributed by atoms with van der Waals surface area (Å²) in [5, 5.41) is 13.2. The third-order valence-corrected chi connectivity index (χ3v) is 5.59. The molecular weight excluding hydrogens is 266 g/mol. The second-order valence-electron chi connectivity index (χ2n) is 5.61. The number of aliphatic hydroxyl groups excluding tert-OH is 1. The van der Waals surface area contributed by atoms with Crippen molar-refractivity contribution in [3.63, 3.8) is 0 Å². The van der Waals surface area contributed by atoms with Gasteiger partial charge in [0.15, 0.2) is 0 Å². The molecule has 0 saturated heterocycles. The zero-order chi connectivity index (χ0) is 12.5. The Bertz CT molecular complexity index is 420. The average molecular weight is 286 g/mol. The Morgan fingerprint density at radius 2 is 2.28 bits per heavy atom. The second-order valence-corrected chi connectivity index (χ2v) is 7.38. The number of halogens is 1. The van der Waals surface area contributed by atoms with Crippen molar-refractivity contribution >= 4 is 22.9 Å². The van der Waals surface area contributed by atoms with Crippen LogP contribution in [0, 0.1) is 5.92 Å². The standard InChI is InChI=1S/C14H20ClNOS/c15-14-7-11-12(2-1-3-13(11)18-14)16-8-9-4-5-10(17)6-9/h7,9-10,12,16-17H,1-6,8H2. The quantitative estimate of drug-likeness (QED) is 0.890. The second kappa shape index (κ2) is 5.49. The molecular formula is C14H20ClNOS. The predicted octanol–water partition coefficient (Wildman–Crippen LogP) is 3.53. The van der Waals surface area contributed by atoms with Crippen molar-refractivity contribution in [2.24, 2.45) is 5.92 Å². The summed E-state index contributed by atoms with van der Waals surface area (Å²) in [6.45, 7) is 1.04. The molecule has 2 aliphatic carbocycles. The maximum absolute atomic E-state index is 9.55. The Morgan fingerprint density at radius 1 is 1.39 bits per heavy atom. The van der Waals surface area contributed by atoms with Gasteiger partial charge in [0.25, 0.3) is 0 Å². The van der Waals surface area contributed by atoms with Crippen molar-refractivity contribution in [2.75, 3.05) is 6.54 Å². The number of nitrogens with one attached hydrogen (secondary N) is 1. The van der Waals surface area contributed by atoms with Crippen molar-refractivity contribution in [3.8, 4) is 0 Å². The lowest BCUT2D eigenvalue weighted by Gasteiger charge is -2.25. The molecule has 2 nitrogen and oxygen atoms in total. The minimum absolute atomic E-state index is 0.0608. The van der Waals surface area contributed by atoms with Crippen molar-refractivity contribution in [1.82, 2.24) is 5.32 Å². The fourth-order valence-corrected chi connectivity index (χ4v) is 4.66. The van der Waals surface area contributed by atoms with Crippen molar-refractivity contribution in [2.45, 2.75) is 50.7 Å². The highest BCUT2D eigenvalue weighted by Crippen LogP contribution is 2.38. The SMILES string of the molecule is OC1CCC(CNC2CCCc3sc(Cl)cc32)C1. The number of aryl methyl sites for hydroxylation is 1. The van der Waals surface area contributed by atoms with Crippen molar-refractivity contribution < 1.29 is 5.11 Å². The molecule has 1 heterocycles. The van der Waals surface area contributed by atoms with Gasteiger partial charge in [0.05, 0.1) is 10.4 Å². The summed E-state index contributed by atoms with van der Waals surface area (Å²) >= 11 is 7.86. The lowest BCUT2D eigenvalue weighted by molar-refractivity contribution is 0.177. The van der Waals surface area contributed by atoms with Crippen molar-refractivity contribution in [1.29, 1.82) is 0 Å². The zero-order valence-electron chi connectivity index (χ0n) is 10.5. The van der Waals surface area contributed by atoms with Crippen LogP contribution in [0.2, 0.25) is 4.34 Å². The molecule has 3 atom stereocenters. The highest BCUT2D eigenvalue weighted by Gasteiger charge is 2.26. The van der Waals surface area contributed by atoms with Gasteiger partial charge < -0.3 is 10.4 Å². The first-order valence-corrected chi connectivity index (χ1v) is 8.11. The largest absolute Gasteiger partial charge is 0.393 e. The number of aliphatic hydroxyl groups is 1. The van der Waals surface area contributed by atoms with Gasteiger partial charge in [-0.1, -0.05) is 11.6 Å². The minimum atomic E-state index is -0.0608. The van der Waals surface area contributed by atoms with E-state index >= 15 is 0 Å². The summed E-state index contributed by atoms with van der Waals surface area (Å²) in [6, 6.07) is 2.62. The van der Waals surface area contributed by atoms with Gasteiger partial charge in [0.1, 0.15) is 0 Å². The number of thiophene rings is 1. The van der Waals surface area contributed by atoms with Crippen molar-refractivity contribution in [3.05, 3.63) is 20.8 Å². The monoisotopic (exact) mass is 285 g/mol. The van der Waals surface area contributed by atoms with Gasteiger partial charge in [0.2, 0.25) is 0 Å². The molecule has 0 radical (unpaired) electrons. The van der Waals surface area contributed by atoms with Crippen LogP contribution < -0.4 is 5.32 Å². The molecule has 2 aliphatic rings. The van der Waals surface area contributed by atoms with Gasteiger partial charge in [-0.05, 0) is 62.6 Å². The number of hydrogen-bond acceptors (Lipinski definition) is 3. The van der Waals surface area contributed by atoms with E-state index in [1.54, 1.807) is 11.3 Å². The van der Waals surface area contributed by atoms with Crippen LogP contribution in [0.25, 0.3) is 0 Å². The molecule has 1 saturated carbocycles. The molecule has 3 rings (SSSR count). The maximum atomic E-state index is 9.55. The summed E-state index contributed by atoms with van der Waals surface area (Å²) in [7, 11) is 0. The smallest absolute Gasteiger partial charge is 0.0934 e. The Kier molecular flexibility index (Phi) is 3.94. The first-order chi connectivity index (χ1) is 8.72. The molecule has 1 fully saturated rings. The molecule has 18 heavy (non-hydrogen) atoms. The molecule has 0 aliphatic heterocycles. The summed E-state index contributed by atoms with van der Waals surface area (Å²) < 4.78 is 0.921. The van der Waals surface area contributed by atoms with E-state index in [1.807, 2.05) is 0 Å². The molecule has 1 aromatic heterocycles. The van der Waals surface area contributed by atoms with E-state index in [2.05, 4.69) is 11.4 Å². The van der Waals surface area contributed by atoms with E-state index in [0.717, 1.165) is 30.1 Å². The fourth-order valence-electron chi connectivity index (χ4n) is 3.28. The van der Waals surface area contributed by atoms with Crippen LogP contribution in [0.5, 0.6) is 0 Å². The Labute approximate surface area is 117 Å². The van der Waals surface area contributed by atoms with Gasteiger partial charge in [-0.2, -0.15) is 0 Å². The van der Waals surface area contributed by atoms with E-state index in [4.69, 9.17) is 11.6 Å². The van der Waals surface area contributed by atoms with Gasteiger partial charge in [-0.3, -0.25) is 0 Å². The first kappa shape index (κ1) is 12.9. The van der Waals surface area contributed by atoms with Crippen LogP contribution in [0.3, 0.4) is 0 Å². The Hall–Kier alpha value is -0.0900. The number of fused-ring (bicyclic) bond motifs is 1. The van der Waals surface area contributed by atoms with Gasteiger partial charge in [-0.15, -0.1) is 11.3 Å². The molecule has 0 bridgehead atoms. The van der Waals surface area contributed by atoms with Gasteiger partial charge in [-0.25, -0.2) is 0 Å². The van der Waals surface area contributed by atoms with E-state index in [9.17, 15) is 5.11 Å². The lowest BCUT2D eigenvalue weighted by Crippen LogP contribution is -2.28. The summed E-state index contributed by atoms with van der Waals surface area (Å²) in [6.07, 6.45) is 6.72. The Balaban J connectivity index is 1.60. The molecule has 0 aromatic carbocycles. The van der Waals surface area contributed by atoms with Crippen LogP contribution in [0.1, 0.15) is 48.6 Å². The number of rotatable bonds is 3. The fraction of sp³-hybridized carbons (Fsp3) is 0.714. The molecule has 100 valence electrons. The van der Waals surface area contributed by atoms with Crippen LogP contribution >= 0.6 is 22.9 Å². The molecule has 0 spiro atoms. The highest BCUT2D eigenvalue weighted by atomic mass is 35.5. The van der Waals surface area contributed by atoms with Crippen LogP contribution in [-0.4, -0.2) is 17.8 Å². The topological polar surface area (TPSA) is 32.3 Å². The highest BCUT2D eigenvalue weighted by molar-refractivity contribution is 7.16. The number of hydrogen-bond donors (Lipinski definition) is 2. The van der Waals surface area contributed by atoms with Crippen LogP contribution in [-0.2, 0) is 6.42 Å². The molecule has 4 heteroatoms. The summed E-state index contributed by atoms with van der Waals surface area (Å²) in [4.78, 5) is 1.47. The van der Waals surface area contributed by atoms with E-state index in [1.165, 1.54) is 29.7 Å².